The third-order valence-electron chi connectivity index (χ3n) is 5.43. The van der Waals surface area contributed by atoms with Gasteiger partial charge in [-0.3, -0.25) is 9.59 Å². The van der Waals surface area contributed by atoms with E-state index in [4.69, 9.17) is 22.3 Å². The van der Waals surface area contributed by atoms with Crippen LogP contribution in [0.2, 0.25) is 4.34 Å². The van der Waals surface area contributed by atoms with Crippen molar-refractivity contribution in [2.24, 2.45) is 5.73 Å². The predicted molar refractivity (Wildman–Crippen MR) is 127 cm³/mol. The number of rotatable bonds is 4. The van der Waals surface area contributed by atoms with Crippen molar-refractivity contribution in [3.8, 4) is 10.6 Å². The minimum absolute atomic E-state index is 0.288. The number of benzene rings is 1. The molecule has 0 saturated heterocycles. The van der Waals surface area contributed by atoms with E-state index in [1.807, 2.05) is 36.4 Å². The van der Waals surface area contributed by atoms with E-state index in [-0.39, 0.29) is 5.91 Å². The van der Waals surface area contributed by atoms with Gasteiger partial charge in [0.25, 0.3) is 11.8 Å². The fraction of sp³-hybridized carbons (Fsp3) is 0.174. The number of hydrogen-bond acceptors (Lipinski definition) is 5. The highest BCUT2D eigenvalue weighted by Gasteiger charge is 2.26. The zero-order chi connectivity index (χ0) is 21.5. The SMILES string of the molecule is NC(=O)c1c(NC(=O)c2cc(-c3ccc(Cl)s3)nc3ccccc23)sc2c1CCCC2. The molecule has 0 bridgehead atoms. The van der Waals surface area contributed by atoms with Crippen molar-refractivity contribution in [2.75, 3.05) is 5.32 Å². The van der Waals surface area contributed by atoms with Crippen LogP contribution in [0.25, 0.3) is 21.5 Å². The number of fused-ring (bicyclic) bond motifs is 2. The molecular formula is C23H18ClN3O2S2. The van der Waals surface area contributed by atoms with Crippen molar-refractivity contribution in [3.63, 3.8) is 0 Å². The number of thiophene rings is 2. The normalized spacial score (nSPS) is 13.2. The highest BCUT2D eigenvalue weighted by atomic mass is 35.5. The molecule has 0 unspecified atom stereocenters. The number of aryl methyl sites for hydroxylation is 1. The third kappa shape index (κ3) is 3.73. The summed E-state index contributed by atoms with van der Waals surface area (Å²) >= 11 is 8.97. The fourth-order valence-corrected chi connectivity index (χ4v) is 6.32. The molecule has 1 aromatic carbocycles. The lowest BCUT2D eigenvalue weighted by molar-refractivity contribution is 0.100. The Morgan fingerprint density at radius 1 is 1.06 bits per heavy atom. The van der Waals surface area contributed by atoms with Gasteiger partial charge in [0.2, 0.25) is 0 Å². The largest absolute Gasteiger partial charge is 0.365 e. The molecule has 4 aromatic rings. The summed E-state index contributed by atoms with van der Waals surface area (Å²) in [4.78, 5) is 32.3. The number of carbonyl (C=O) groups excluding carboxylic acids is 2. The lowest BCUT2D eigenvalue weighted by Gasteiger charge is -2.11. The van der Waals surface area contributed by atoms with E-state index in [0.717, 1.165) is 51.9 Å². The summed E-state index contributed by atoms with van der Waals surface area (Å²) in [7, 11) is 0. The van der Waals surface area contributed by atoms with E-state index >= 15 is 0 Å². The average Bonchev–Trinajstić information content (AvgIpc) is 3.36. The van der Waals surface area contributed by atoms with Crippen LogP contribution in [-0.4, -0.2) is 16.8 Å². The van der Waals surface area contributed by atoms with Gasteiger partial charge in [-0.2, -0.15) is 0 Å². The number of anilines is 1. The van der Waals surface area contributed by atoms with Gasteiger partial charge < -0.3 is 11.1 Å². The van der Waals surface area contributed by atoms with Crippen LogP contribution in [0.1, 0.15) is 44.0 Å². The molecule has 0 radical (unpaired) electrons. The average molecular weight is 468 g/mol. The smallest absolute Gasteiger partial charge is 0.257 e. The van der Waals surface area contributed by atoms with Gasteiger partial charge in [-0.25, -0.2) is 4.98 Å². The number of amides is 2. The molecule has 3 N–H and O–H groups in total. The number of nitrogens with zero attached hydrogens (tertiary/aromatic N) is 1. The second-order valence-corrected chi connectivity index (χ2v) is 10.2. The van der Waals surface area contributed by atoms with Gasteiger partial charge in [-0.15, -0.1) is 22.7 Å². The minimum Gasteiger partial charge on any atom is -0.365 e. The van der Waals surface area contributed by atoms with Gasteiger partial charge in [0.05, 0.1) is 31.6 Å². The summed E-state index contributed by atoms with van der Waals surface area (Å²) in [5.74, 6) is -0.785. The number of primary amides is 1. The molecule has 0 aliphatic heterocycles. The quantitative estimate of drug-likeness (QED) is 0.391. The number of para-hydroxylation sites is 1. The number of nitrogens with one attached hydrogen (secondary N) is 1. The van der Waals surface area contributed by atoms with Crippen LogP contribution in [0, 0.1) is 0 Å². The second-order valence-electron chi connectivity index (χ2n) is 7.41. The number of carbonyl (C=O) groups is 2. The first-order valence-electron chi connectivity index (χ1n) is 9.92. The van der Waals surface area contributed by atoms with E-state index in [0.29, 0.717) is 26.2 Å². The van der Waals surface area contributed by atoms with Gasteiger partial charge >= 0.3 is 0 Å². The lowest BCUT2D eigenvalue weighted by atomic mass is 9.95. The monoisotopic (exact) mass is 467 g/mol. The van der Waals surface area contributed by atoms with Gasteiger partial charge in [0.15, 0.2) is 0 Å². The Bertz CT molecular complexity index is 1340. The Labute approximate surface area is 191 Å². The zero-order valence-electron chi connectivity index (χ0n) is 16.4. The minimum atomic E-state index is -0.497. The van der Waals surface area contributed by atoms with Gasteiger partial charge in [0.1, 0.15) is 5.00 Å². The van der Waals surface area contributed by atoms with Crippen molar-refractivity contribution in [3.05, 3.63) is 68.4 Å². The highest BCUT2D eigenvalue weighted by molar-refractivity contribution is 7.19. The molecule has 1 aliphatic carbocycles. The Hall–Kier alpha value is -2.74. The van der Waals surface area contributed by atoms with Gasteiger partial charge in [-0.1, -0.05) is 29.8 Å². The molecule has 3 heterocycles. The second kappa shape index (κ2) is 8.07. The van der Waals surface area contributed by atoms with Crippen molar-refractivity contribution >= 4 is 62.0 Å². The first-order valence-corrected chi connectivity index (χ1v) is 11.9. The Balaban J connectivity index is 1.59. The maximum absolute atomic E-state index is 13.4. The molecule has 1 aliphatic rings. The standard InChI is InChI=1S/C23H18ClN3O2S2/c24-19-10-9-18(30-19)16-11-14(12-5-1-3-7-15(12)26-16)22(29)27-23-20(21(25)28)13-6-2-4-8-17(13)31-23/h1,3,5,7,9-11H,2,4,6,8H2,(H2,25,28)(H,27,29). The number of pyridine rings is 1. The summed E-state index contributed by atoms with van der Waals surface area (Å²) in [6, 6.07) is 13.0. The first kappa shape index (κ1) is 20.2. The van der Waals surface area contributed by atoms with Crippen molar-refractivity contribution in [1.29, 1.82) is 0 Å². The number of nitrogens with two attached hydrogens (primary N) is 1. The van der Waals surface area contributed by atoms with Crippen LogP contribution in [0.5, 0.6) is 0 Å². The van der Waals surface area contributed by atoms with E-state index in [9.17, 15) is 9.59 Å². The van der Waals surface area contributed by atoms with Crippen molar-refractivity contribution < 1.29 is 9.59 Å². The number of halogens is 1. The zero-order valence-corrected chi connectivity index (χ0v) is 18.8. The molecule has 0 fully saturated rings. The summed E-state index contributed by atoms with van der Waals surface area (Å²) in [5.41, 5.74) is 9.03. The Morgan fingerprint density at radius 3 is 2.65 bits per heavy atom. The van der Waals surface area contributed by atoms with Crippen LogP contribution < -0.4 is 11.1 Å². The van der Waals surface area contributed by atoms with Crippen LogP contribution in [0.15, 0.2) is 42.5 Å². The summed E-state index contributed by atoms with van der Waals surface area (Å²) in [6.45, 7) is 0. The first-order chi connectivity index (χ1) is 15.0. The maximum atomic E-state index is 13.4. The summed E-state index contributed by atoms with van der Waals surface area (Å²) < 4.78 is 0.659. The van der Waals surface area contributed by atoms with Gasteiger partial charge in [0, 0.05) is 10.3 Å². The van der Waals surface area contributed by atoms with E-state index in [2.05, 4.69) is 5.32 Å². The Morgan fingerprint density at radius 2 is 1.87 bits per heavy atom. The summed E-state index contributed by atoms with van der Waals surface area (Å²) in [6.07, 6.45) is 3.85. The molecule has 3 aromatic heterocycles. The molecule has 0 atom stereocenters. The molecule has 8 heteroatoms. The van der Waals surface area contributed by atoms with E-state index in [1.165, 1.54) is 22.7 Å². The molecule has 5 rings (SSSR count). The predicted octanol–water partition coefficient (Wildman–Crippen LogP) is 5.91. The number of aromatic nitrogens is 1. The molecule has 5 nitrogen and oxygen atoms in total. The van der Waals surface area contributed by atoms with Crippen LogP contribution in [-0.2, 0) is 12.8 Å². The maximum Gasteiger partial charge on any atom is 0.257 e. The highest BCUT2D eigenvalue weighted by Crippen LogP contribution is 2.38. The van der Waals surface area contributed by atoms with Crippen molar-refractivity contribution in [2.45, 2.75) is 25.7 Å². The van der Waals surface area contributed by atoms with Crippen LogP contribution >= 0.6 is 34.3 Å². The third-order valence-corrected chi connectivity index (χ3v) is 7.89. The molecule has 0 saturated carbocycles. The topological polar surface area (TPSA) is 85.1 Å². The molecule has 2 amide bonds. The molecule has 0 spiro atoms. The van der Waals surface area contributed by atoms with Crippen molar-refractivity contribution in [1.82, 2.24) is 4.98 Å². The number of hydrogen-bond donors (Lipinski definition) is 2. The summed E-state index contributed by atoms with van der Waals surface area (Å²) in [5, 5.41) is 4.25. The lowest BCUT2D eigenvalue weighted by Crippen LogP contribution is -2.19. The van der Waals surface area contributed by atoms with Crippen LogP contribution in [0.3, 0.4) is 0 Å². The molecule has 156 valence electrons. The van der Waals surface area contributed by atoms with Crippen LogP contribution in [0.4, 0.5) is 5.00 Å². The van der Waals surface area contributed by atoms with Gasteiger partial charge in [-0.05, 0) is 55.5 Å². The van der Waals surface area contributed by atoms with E-state index < -0.39 is 5.91 Å². The van der Waals surface area contributed by atoms with E-state index in [1.54, 1.807) is 6.07 Å². The molecule has 31 heavy (non-hydrogen) atoms. The Kier molecular flexibility index (Phi) is 5.25. The fourth-order valence-electron chi connectivity index (χ4n) is 4.03. The molecular weight excluding hydrogens is 450 g/mol.